The number of alkyl halides is 3. The molecule has 2 aliphatic heterocycles. The lowest BCUT2D eigenvalue weighted by Crippen LogP contribution is -2.29. The summed E-state index contributed by atoms with van der Waals surface area (Å²) in [6, 6.07) is 9.31. The van der Waals surface area contributed by atoms with Crippen molar-refractivity contribution in [3.05, 3.63) is 53.6 Å². The van der Waals surface area contributed by atoms with Crippen molar-refractivity contribution in [3.63, 3.8) is 0 Å². The molecule has 0 unspecified atom stereocenters. The number of fused-ring (bicyclic) bond motifs is 1. The van der Waals surface area contributed by atoms with E-state index in [-0.39, 0.29) is 30.7 Å². The van der Waals surface area contributed by atoms with Crippen molar-refractivity contribution in [2.45, 2.75) is 23.4 Å². The van der Waals surface area contributed by atoms with Gasteiger partial charge in [0.05, 0.1) is 10.5 Å². The summed E-state index contributed by atoms with van der Waals surface area (Å²) in [5.41, 5.74) is -0.0592. The number of benzene rings is 2. The van der Waals surface area contributed by atoms with Crippen LogP contribution in [-0.2, 0) is 16.2 Å². The van der Waals surface area contributed by atoms with Crippen LogP contribution in [0.2, 0.25) is 0 Å². The van der Waals surface area contributed by atoms with Crippen molar-refractivity contribution < 1.29 is 31.1 Å². The van der Waals surface area contributed by atoms with Crippen LogP contribution in [-0.4, -0.2) is 32.6 Å². The van der Waals surface area contributed by atoms with Gasteiger partial charge in [-0.25, -0.2) is 8.42 Å². The summed E-state index contributed by atoms with van der Waals surface area (Å²) < 4.78 is 76.1. The lowest BCUT2D eigenvalue weighted by Gasteiger charge is -2.18. The summed E-state index contributed by atoms with van der Waals surface area (Å²) in [5, 5.41) is 0. The summed E-state index contributed by atoms with van der Waals surface area (Å²) in [6.07, 6.45) is -4.01. The van der Waals surface area contributed by atoms with Crippen molar-refractivity contribution in [2.24, 2.45) is 0 Å². The Hall–Kier alpha value is -2.26. The Morgan fingerprint density at radius 2 is 1.81 bits per heavy atom. The van der Waals surface area contributed by atoms with Gasteiger partial charge in [-0.2, -0.15) is 17.5 Å². The first-order valence-corrected chi connectivity index (χ1v) is 9.76. The highest BCUT2D eigenvalue weighted by Gasteiger charge is 2.36. The zero-order valence-electron chi connectivity index (χ0n) is 14.1. The maximum atomic E-state index is 12.9. The molecule has 2 aromatic carbocycles. The lowest BCUT2D eigenvalue weighted by atomic mass is 9.98. The van der Waals surface area contributed by atoms with Crippen molar-refractivity contribution in [2.75, 3.05) is 19.9 Å². The van der Waals surface area contributed by atoms with Crippen LogP contribution in [0.1, 0.15) is 23.5 Å². The SMILES string of the molecule is O=S(=O)(c1cccc(C(F)(F)F)c1)N1CC[C@@H](c2ccc3c(c2)OCO3)C1. The predicted molar refractivity (Wildman–Crippen MR) is 90.1 cm³/mol. The Labute approximate surface area is 154 Å². The van der Waals surface area contributed by atoms with E-state index in [0.717, 1.165) is 17.7 Å². The zero-order valence-corrected chi connectivity index (χ0v) is 14.9. The highest BCUT2D eigenvalue weighted by Crippen LogP contribution is 2.38. The third-order valence-corrected chi connectivity index (χ3v) is 6.68. The van der Waals surface area contributed by atoms with Gasteiger partial charge < -0.3 is 9.47 Å². The minimum absolute atomic E-state index is 0.0555. The molecular weight excluding hydrogens is 383 g/mol. The van der Waals surface area contributed by atoms with Crippen LogP contribution >= 0.6 is 0 Å². The van der Waals surface area contributed by atoms with Crippen LogP contribution in [0.25, 0.3) is 0 Å². The fourth-order valence-electron chi connectivity index (χ4n) is 3.37. The van der Waals surface area contributed by atoms with Gasteiger partial charge in [-0.15, -0.1) is 0 Å². The van der Waals surface area contributed by atoms with Crippen molar-refractivity contribution >= 4 is 10.0 Å². The maximum Gasteiger partial charge on any atom is 0.416 e. The molecule has 4 rings (SSSR count). The highest BCUT2D eigenvalue weighted by molar-refractivity contribution is 7.89. The van der Waals surface area contributed by atoms with Crippen LogP contribution in [0.4, 0.5) is 13.2 Å². The Kier molecular flexibility index (Phi) is 4.31. The maximum absolute atomic E-state index is 12.9. The Morgan fingerprint density at radius 1 is 1.04 bits per heavy atom. The van der Waals surface area contributed by atoms with E-state index in [4.69, 9.17) is 9.47 Å². The third-order valence-electron chi connectivity index (χ3n) is 4.82. The molecule has 5 nitrogen and oxygen atoms in total. The molecule has 2 aromatic rings. The van der Waals surface area contributed by atoms with E-state index in [9.17, 15) is 21.6 Å². The first-order valence-electron chi connectivity index (χ1n) is 8.32. The highest BCUT2D eigenvalue weighted by atomic mass is 32.2. The second-order valence-corrected chi connectivity index (χ2v) is 8.42. The largest absolute Gasteiger partial charge is 0.454 e. The van der Waals surface area contributed by atoms with E-state index in [1.807, 2.05) is 12.1 Å². The van der Waals surface area contributed by atoms with Crippen LogP contribution in [0, 0.1) is 0 Å². The summed E-state index contributed by atoms with van der Waals surface area (Å²) in [6.45, 7) is 0.607. The van der Waals surface area contributed by atoms with E-state index in [2.05, 4.69) is 0 Å². The Balaban J connectivity index is 1.56. The molecule has 0 N–H and O–H groups in total. The number of nitrogens with zero attached hydrogens (tertiary/aromatic N) is 1. The van der Waals surface area contributed by atoms with Crippen molar-refractivity contribution in [1.29, 1.82) is 0 Å². The van der Waals surface area contributed by atoms with Gasteiger partial charge in [0.2, 0.25) is 16.8 Å². The van der Waals surface area contributed by atoms with Crippen LogP contribution in [0.15, 0.2) is 47.4 Å². The molecule has 1 fully saturated rings. The first-order chi connectivity index (χ1) is 12.7. The fourth-order valence-corrected chi connectivity index (χ4v) is 4.91. The fraction of sp³-hybridized carbons (Fsp3) is 0.333. The van der Waals surface area contributed by atoms with E-state index >= 15 is 0 Å². The Bertz CT molecular complexity index is 975. The number of hydrogen-bond acceptors (Lipinski definition) is 4. The number of rotatable bonds is 3. The summed E-state index contributed by atoms with van der Waals surface area (Å²) >= 11 is 0. The molecule has 2 heterocycles. The second-order valence-electron chi connectivity index (χ2n) is 6.49. The molecule has 0 spiro atoms. The van der Waals surface area contributed by atoms with Gasteiger partial charge in [0.15, 0.2) is 11.5 Å². The standard InChI is InChI=1S/C18H16F3NO4S/c19-18(20,21)14-2-1-3-15(9-14)27(23,24)22-7-6-13(10-22)12-4-5-16-17(8-12)26-11-25-16/h1-5,8-9,13H,6-7,10-11H2/t13-/m1/s1. The minimum Gasteiger partial charge on any atom is -0.454 e. The van der Waals surface area contributed by atoms with Gasteiger partial charge in [0, 0.05) is 13.1 Å². The van der Waals surface area contributed by atoms with Gasteiger partial charge in [0.1, 0.15) is 0 Å². The molecule has 0 radical (unpaired) electrons. The summed E-state index contributed by atoms with van der Waals surface area (Å²) in [5.74, 6) is 1.21. The van der Waals surface area contributed by atoms with Crippen LogP contribution in [0.3, 0.4) is 0 Å². The molecular formula is C18H16F3NO4S. The van der Waals surface area contributed by atoms with Crippen LogP contribution in [0.5, 0.6) is 11.5 Å². The molecule has 0 amide bonds. The molecule has 0 bridgehead atoms. The first kappa shape index (κ1) is 18.1. The minimum atomic E-state index is -4.59. The van der Waals surface area contributed by atoms with Crippen molar-refractivity contribution in [3.8, 4) is 11.5 Å². The van der Waals surface area contributed by atoms with Crippen LogP contribution < -0.4 is 9.47 Å². The predicted octanol–water partition coefficient (Wildman–Crippen LogP) is 3.61. The van der Waals surface area contributed by atoms with Gasteiger partial charge >= 0.3 is 6.18 Å². The van der Waals surface area contributed by atoms with E-state index in [1.54, 1.807) is 6.07 Å². The van der Waals surface area contributed by atoms with Gasteiger partial charge in [-0.3, -0.25) is 0 Å². The molecule has 1 saturated heterocycles. The summed E-state index contributed by atoms with van der Waals surface area (Å²) in [7, 11) is -4.00. The van der Waals surface area contributed by atoms with Gasteiger partial charge in [-0.1, -0.05) is 12.1 Å². The molecule has 0 aliphatic carbocycles. The number of hydrogen-bond donors (Lipinski definition) is 0. The Morgan fingerprint density at radius 3 is 2.59 bits per heavy atom. The molecule has 9 heteroatoms. The number of ether oxygens (including phenoxy) is 2. The molecule has 144 valence electrons. The lowest BCUT2D eigenvalue weighted by molar-refractivity contribution is -0.137. The van der Waals surface area contributed by atoms with Gasteiger partial charge in [-0.05, 0) is 48.2 Å². The zero-order chi connectivity index (χ0) is 19.2. The normalized spacial score (nSPS) is 20.2. The molecule has 1 atom stereocenters. The molecule has 2 aliphatic rings. The van der Waals surface area contributed by atoms with Crippen molar-refractivity contribution in [1.82, 2.24) is 4.31 Å². The van der Waals surface area contributed by atoms with Gasteiger partial charge in [0.25, 0.3) is 0 Å². The smallest absolute Gasteiger partial charge is 0.416 e. The average molecular weight is 399 g/mol. The topological polar surface area (TPSA) is 55.8 Å². The summed E-state index contributed by atoms with van der Waals surface area (Å²) in [4.78, 5) is -0.344. The quantitative estimate of drug-likeness (QED) is 0.791. The average Bonchev–Trinajstić information content (AvgIpc) is 3.30. The number of sulfonamides is 1. The van der Waals surface area contributed by atoms with E-state index < -0.39 is 21.8 Å². The number of halogens is 3. The third kappa shape index (κ3) is 3.37. The molecule has 0 aromatic heterocycles. The van der Waals surface area contributed by atoms with E-state index in [0.29, 0.717) is 24.0 Å². The monoisotopic (exact) mass is 399 g/mol. The van der Waals surface area contributed by atoms with E-state index in [1.165, 1.54) is 10.4 Å². The second kappa shape index (κ2) is 6.42. The molecule has 0 saturated carbocycles. The molecule has 27 heavy (non-hydrogen) atoms.